The van der Waals surface area contributed by atoms with E-state index in [1.807, 2.05) is 0 Å². The molecule has 10 heavy (non-hydrogen) atoms. The zero-order valence-electron chi connectivity index (χ0n) is 5.89. The molecule has 2 amide bonds. The van der Waals surface area contributed by atoms with Gasteiger partial charge in [-0.05, 0) is 6.42 Å². The topological polar surface area (TPSA) is 70.6 Å². The standard InChI is InChI=1S/C5H12N2O3/c1-10-7-5(9)6-3-2-4-8/h8H,2-4H2,1H3,(H2,6,7,9). The van der Waals surface area contributed by atoms with E-state index >= 15 is 0 Å². The molecule has 3 N–H and O–H groups in total. The number of aliphatic hydroxyl groups is 1. The third-order valence-electron chi connectivity index (χ3n) is 0.815. The first kappa shape index (κ1) is 9.19. The lowest BCUT2D eigenvalue weighted by Crippen LogP contribution is -2.35. The number of hydrogen-bond donors (Lipinski definition) is 3. The van der Waals surface area contributed by atoms with Gasteiger partial charge >= 0.3 is 6.03 Å². The first-order chi connectivity index (χ1) is 4.81. The number of urea groups is 1. The summed E-state index contributed by atoms with van der Waals surface area (Å²) < 4.78 is 0. The van der Waals surface area contributed by atoms with Crippen LogP contribution in [0.15, 0.2) is 0 Å². The largest absolute Gasteiger partial charge is 0.396 e. The maximum atomic E-state index is 10.5. The van der Waals surface area contributed by atoms with E-state index in [9.17, 15) is 4.79 Å². The first-order valence-electron chi connectivity index (χ1n) is 2.99. The highest BCUT2D eigenvalue weighted by Gasteiger charge is 1.94. The minimum Gasteiger partial charge on any atom is -0.396 e. The van der Waals surface area contributed by atoms with Crippen LogP contribution in [0.4, 0.5) is 4.79 Å². The van der Waals surface area contributed by atoms with Crippen molar-refractivity contribution in [3.63, 3.8) is 0 Å². The second-order valence-electron chi connectivity index (χ2n) is 1.64. The smallest absolute Gasteiger partial charge is 0.338 e. The van der Waals surface area contributed by atoms with Gasteiger partial charge in [-0.25, -0.2) is 10.3 Å². The van der Waals surface area contributed by atoms with E-state index in [0.717, 1.165) is 0 Å². The van der Waals surface area contributed by atoms with Crippen molar-refractivity contribution < 1.29 is 14.7 Å². The molecule has 5 heteroatoms. The summed E-state index contributed by atoms with van der Waals surface area (Å²) >= 11 is 0. The van der Waals surface area contributed by atoms with Crippen molar-refractivity contribution in [2.24, 2.45) is 0 Å². The molecule has 0 heterocycles. The van der Waals surface area contributed by atoms with E-state index in [2.05, 4.69) is 15.6 Å². The minimum atomic E-state index is -0.393. The number of carbonyl (C=O) groups is 1. The molecule has 0 aromatic heterocycles. The molecule has 0 rings (SSSR count). The number of hydroxylamine groups is 1. The molecule has 0 bridgehead atoms. The van der Waals surface area contributed by atoms with Crippen LogP contribution in [-0.4, -0.2) is 31.4 Å². The lowest BCUT2D eigenvalue weighted by atomic mass is 10.4. The van der Waals surface area contributed by atoms with Crippen molar-refractivity contribution in [1.29, 1.82) is 0 Å². The van der Waals surface area contributed by atoms with Gasteiger partial charge < -0.3 is 10.4 Å². The van der Waals surface area contributed by atoms with Crippen LogP contribution in [0.3, 0.4) is 0 Å². The van der Waals surface area contributed by atoms with Crippen molar-refractivity contribution in [1.82, 2.24) is 10.8 Å². The number of nitrogens with one attached hydrogen (secondary N) is 2. The molecule has 0 aliphatic heterocycles. The van der Waals surface area contributed by atoms with E-state index in [1.54, 1.807) is 0 Å². The summed E-state index contributed by atoms with van der Waals surface area (Å²) in [7, 11) is 1.35. The van der Waals surface area contributed by atoms with Crippen molar-refractivity contribution in [3.05, 3.63) is 0 Å². The molecule has 5 nitrogen and oxygen atoms in total. The summed E-state index contributed by atoms with van der Waals surface area (Å²) in [6.45, 7) is 0.527. The van der Waals surface area contributed by atoms with E-state index in [4.69, 9.17) is 5.11 Å². The maximum Gasteiger partial charge on any atom is 0.338 e. The number of hydrogen-bond acceptors (Lipinski definition) is 3. The van der Waals surface area contributed by atoms with E-state index in [0.29, 0.717) is 13.0 Å². The van der Waals surface area contributed by atoms with E-state index < -0.39 is 6.03 Å². The highest BCUT2D eigenvalue weighted by Crippen LogP contribution is 1.71. The van der Waals surface area contributed by atoms with Crippen molar-refractivity contribution >= 4 is 6.03 Å². The number of aliphatic hydroxyl groups excluding tert-OH is 1. The van der Waals surface area contributed by atoms with E-state index in [-0.39, 0.29) is 6.61 Å². The molecule has 0 fully saturated rings. The second-order valence-corrected chi connectivity index (χ2v) is 1.64. The van der Waals surface area contributed by atoms with Gasteiger partial charge in [-0.1, -0.05) is 0 Å². The first-order valence-corrected chi connectivity index (χ1v) is 2.99. The third kappa shape index (κ3) is 5.33. The summed E-state index contributed by atoms with van der Waals surface area (Å²) in [5.41, 5.74) is 2.07. The molecule has 0 saturated heterocycles. The Morgan fingerprint density at radius 2 is 2.40 bits per heavy atom. The Morgan fingerprint density at radius 1 is 1.70 bits per heavy atom. The minimum absolute atomic E-state index is 0.0766. The molecule has 0 atom stereocenters. The molecule has 0 radical (unpaired) electrons. The van der Waals surface area contributed by atoms with Crippen LogP contribution in [0.25, 0.3) is 0 Å². The quantitative estimate of drug-likeness (QED) is 0.362. The summed E-state index contributed by atoms with van der Waals surface area (Å²) in [5, 5.41) is 10.8. The van der Waals surface area contributed by atoms with Crippen LogP contribution in [0, 0.1) is 0 Å². The predicted molar refractivity (Wildman–Crippen MR) is 35.2 cm³/mol. The lowest BCUT2D eigenvalue weighted by molar-refractivity contribution is 0.107. The Balaban J connectivity index is 3.05. The predicted octanol–water partition coefficient (Wildman–Crippen LogP) is -0.771. The summed E-state index contributed by atoms with van der Waals surface area (Å²) in [5.74, 6) is 0. The Kier molecular flexibility index (Phi) is 5.80. The van der Waals surface area contributed by atoms with Crippen molar-refractivity contribution in [2.75, 3.05) is 20.3 Å². The van der Waals surface area contributed by atoms with Gasteiger partial charge in [-0.2, -0.15) is 0 Å². The molecular weight excluding hydrogens is 136 g/mol. The molecule has 0 aliphatic rings. The molecule has 0 aliphatic carbocycles. The Bertz CT molecular complexity index is 96.9. The maximum absolute atomic E-state index is 10.5. The number of rotatable bonds is 4. The normalized spacial score (nSPS) is 9.00. The monoisotopic (exact) mass is 148 g/mol. The molecule has 0 unspecified atom stereocenters. The highest BCUT2D eigenvalue weighted by molar-refractivity contribution is 5.72. The molecule has 0 spiro atoms. The van der Waals surface area contributed by atoms with Gasteiger partial charge in [0.15, 0.2) is 0 Å². The molecular formula is C5H12N2O3. The van der Waals surface area contributed by atoms with Crippen LogP contribution >= 0.6 is 0 Å². The van der Waals surface area contributed by atoms with Gasteiger partial charge in [0.25, 0.3) is 0 Å². The third-order valence-corrected chi connectivity index (χ3v) is 0.815. The zero-order chi connectivity index (χ0) is 7.82. The van der Waals surface area contributed by atoms with Gasteiger partial charge in [-0.15, -0.1) is 0 Å². The molecule has 0 saturated carbocycles. The highest BCUT2D eigenvalue weighted by atomic mass is 16.6. The SMILES string of the molecule is CONC(=O)NCCCO. The van der Waals surface area contributed by atoms with Crippen LogP contribution in [0.2, 0.25) is 0 Å². The average molecular weight is 148 g/mol. The van der Waals surface area contributed by atoms with Gasteiger partial charge in [0.2, 0.25) is 0 Å². The molecule has 0 aromatic carbocycles. The van der Waals surface area contributed by atoms with Crippen molar-refractivity contribution in [3.8, 4) is 0 Å². The lowest BCUT2D eigenvalue weighted by Gasteiger charge is -2.02. The van der Waals surface area contributed by atoms with Crippen molar-refractivity contribution in [2.45, 2.75) is 6.42 Å². The van der Waals surface area contributed by atoms with Gasteiger partial charge in [0.1, 0.15) is 0 Å². The Hall–Kier alpha value is -0.810. The van der Waals surface area contributed by atoms with Crippen LogP contribution in [0.1, 0.15) is 6.42 Å². The number of amides is 2. The summed E-state index contributed by atoms with van der Waals surface area (Å²) in [4.78, 5) is 14.8. The zero-order valence-corrected chi connectivity index (χ0v) is 5.89. The Morgan fingerprint density at radius 3 is 2.90 bits per heavy atom. The van der Waals surface area contributed by atoms with Gasteiger partial charge in [-0.3, -0.25) is 4.84 Å². The van der Waals surface area contributed by atoms with Crippen LogP contribution < -0.4 is 10.8 Å². The fraction of sp³-hybridized carbons (Fsp3) is 0.800. The summed E-state index contributed by atoms with van der Waals surface area (Å²) in [6.07, 6.45) is 0.553. The van der Waals surface area contributed by atoms with Gasteiger partial charge in [0, 0.05) is 13.2 Å². The number of carbonyl (C=O) groups excluding carboxylic acids is 1. The average Bonchev–Trinajstić information content (AvgIpc) is 1.89. The van der Waals surface area contributed by atoms with E-state index in [1.165, 1.54) is 7.11 Å². The second kappa shape index (κ2) is 6.31. The van der Waals surface area contributed by atoms with Crippen LogP contribution in [-0.2, 0) is 4.84 Å². The molecule has 0 aromatic rings. The van der Waals surface area contributed by atoms with Crippen LogP contribution in [0.5, 0.6) is 0 Å². The Labute approximate surface area is 59.3 Å². The summed E-state index contributed by atoms with van der Waals surface area (Å²) in [6, 6.07) is -0.393. The fourth-order valence-corrected chi connectivity index (χ4v) is 0.410. The van der Waals surface area contributed by atoms with Gasteiger partial charge in [0.05, 0.1) is 7.11 Å². The molecule has 60 valence electrons. The fourth-order valence-electron chi connectivity index (χ4n) is 0.410.